The summed E-state index contributed by atoms with van der Waals surface area (Å²) in [6.07, 6.45) is 1.71. The van der Waals surface area contributed by atoms with Crippen molar-refractivity contribution in [2.24, 2.45) is 5.16 Å². The Balaban J connectivity index is 2.04. The van der Waals surface area contributed by atoms with Crippen LogP contribution in [-0.4, -0.2) is 25.9 Å². The van der Waals surface area contributed by atoms with Crippen LogP contribution in [0.25, 0.3) is 6.08 Å². The van der Waals surface area contributed by atoms with Gasteiger partial charge in [-0.1, -0.05) is 35.5 Å². The molecule has 0 saturated heterocycles. The fraction of sp³-hybridized carbons (Fsp3) is 0.111. The van der Waals surface area contributed by atoms with Crippen molar-refractivity contribution >= 4 is 17.8 Å². The molecule has 0 unspecified atom stereocenters. The molecule has 0 atom stereocenters. The monoisotopic (exact) mass is 309 g/mol. The quantitative estimate of drug-likeness (QED) is 0.643. The Kier molecular flexibility index (Phi) is 4.10. The lowest BCUT2D eigenvalue weighted by Gasteiger charge is -2.08. The van der Waals surface area contributed by atoms with E-state index in [-0.39, 0.29) is 0 Å². The van der Waals surface area contributed by atoms with Crippen molar-refractivity contribution in [1.82, 2.24) is 0 Å². The molecule has 116 valence electrons. The molecule has 3 rings (SSSR count). The van der Waals surface area contributed by atoms with Crippen molar-refractivity contribution in [3.05, 3.63) is 65.2 Å². The summed E-state index contributed by atoms with van der Waals surface area (Å²) in [6.45, 7) is 0. The van der Waals surface area contributed by atoms with Gasteiger partial charge in [-0.3, -0.25) is 0 Å². The number of oxime groups is 1. The maximum absolute atomic E-state index is 12.0. The topological polar surface area (TPSA) is 57.1 Å². The number of hydrogen-bond acceptors (Lipinski definition) is 5. The summed E-state index contributed by atoms with van der Waals surface area (Å²) in [4.78, 5) is 16.9. The first-order valence-electron chi connectivity index (χ1n) is 7.02. The molecule has 23 heavy (non-hydrogen) atoms. The standard InChI is InChI=1S/C18H15NO4/c1-21-14-9-8-13(16(11-14)22-2)10-15-17(19-23-18(15)20)12-6-4-3-5-7-12/h3-11H,1-2H3/b15-10+. The molecule has 2 aromatic carbocycles. The number of nitrogens with zero attached hydrogens (tertiary/aromatic N) is 1. The summed E-state index contributed by atoms with van der Waals surface area (Å²) < 4.78 is 10.5. The van der Waals surface area contributed by atoms with E-state index in [1.807, 2.05) is 36.4 Å². The molecule has 0 fully saturated rings. The highest BCUT2D eigenvalue weighted by molar-refractivity contribution is 6.31. The molecule has 0 radical (unpaired) electrons. The van der Waals surface area contributed by atoms with Crippen LogP contribution in [0.2, 0.25) is 0 Å². The van der Waals surface area contributed by atoms with E-state index in [1.165, 1.54) is 0 Å². The van der Waals surface area contributed by atoms with E-state index in [9.17, 15) is 4.79 Å². The van der Waals surface area contributed by atoms with Crippen molar-refractivity contribution in [3.8, 4) is 11.5 Å². The van der Waals surface area contributed by atoms with Gasteiger partial charge in [-0.2, -0.15) is 0 Å². The molecule has 1 heterocycles. The van der Waals surface area contributed by atoms with Crippen LogP contribution in [0.3, 0.4) is 0 Å². The van der Waals surface area contributed by atoms with Gasteiger partial charge < -0.3 is 14.3 Å². The normalized spacial score (nSPS) is 15.3. The molecule has 0 aromatic heterocycles. The summed E-state index contributed by atoms with van der Waals surface area (Å²) >= 11 is 0. The number of benzene rings is 2. The fourth-order valence-electron chi connectivity index (χ4n) is 2.31. The Morgan fingerprint density at radius 2 is 1.83 bits per heavy atom. The average molecular weight is 309 g/mol. The largest absolute Gasteiger partial charge is 0.497 e. The van der Waals surface area contributed by atoms with Crippen molar-refractivity contribution < 1.29 is 19.1 Å². The summed E-state index contributed by atoms with van der Waals surface area (Å²) in [5, 5.41) is 3.89. The fourth-order valence-corrected chi connectivity index (χ4v) is 2.31. The van der Waals surface area contributed by atoms with Crippen molar-refractivity contribution in [3.63, 3.8) is 0 Å². The van der Waals surface area contributed by atoms with Crippen molar-refractivity contribution in [1.29, 1.82) is 0 Å². The Morgan fingerprint density at radius 1 is 1.04 bits per heavy atom. The van der Waals surface area contributed by atoms with E-state index in [2.05, 4.69) is 5.16 Å². The maximum Gasteiger partial charge on any atom is 0.368 e. The average Bonchev–Trinajstić information content (AvgIpc) is 2.97. The van der Waals surface area contributed by atoms with E-state index in [0.29, 0.717) is 22.8 Å². The van der Waals surface area contributed by atoms with Gasteiger partial charge in [-0.15, -0.1) is 0 Å². The number of carbonyl (C=O) groups is 1. The number of carbonyl (C=O) groups excluding carboxylic acids is 1. The Bertz CT molecular complexity index is 794. The zero-order chi connectivity index (χ0) is 16.2. The van der Waals surface area contributed by atoms with Crippen molar-refractivity contribution in [2.45, 2.75) is 0 Å². The minimum Gasteiger partial charge on any atom is -0.497 e. The zero-order valence-corrected chi connectivity index (χ0v) is 12.8. The lowest BCUT2D eigenvalue weighted by molar-refractivity contribution is -0.136. The molecule has 0 bridgehead atoms. The van der Waals surface area contributed by atoms with Crippen LogP contribution < -0.4 is 9.47 Å². The smallest absolute Gasteiger partial charge is 0.368 e. The van der Waals surface area contributed by atoms with E-state index in [0.717, 1.165) is 11.1 Å². The number of rotatable bonds is 4. The third-order valence-corrected chi connectivity index (χ3v) is 3.48. The van der Waals surface area contributed by atoms with Crippen LogP contribution in [0.15, 0.2) is 59.3 Å². The Hall–Kier alpha value is -3.08. The zero-order valence-electron chi connectivity index (χ0n) is 12.8. The molecule has 5 heteroatoms. The van der Waals surface area contributed by atoms with E-state index in [1.54, 1.807) is 32.4 Å². The molecule has 0 N–H and O–H groups in total. The molecule has 0 amide bonds. The number of methoxy groups -OCH3 is 2. The first-order valence-corrected chi connectivity index (χ1v) is 7.02. The second-order valence-corrected chi connectivity index (χ2v) is 4.85. The van der Waals surface area contributed by atoms with Gasteiger partial charge in [-0.25, -0.2) is 4.79 Å². The highest BCUT2D eigenvalue weighted by atomic mass is 16.7. The van der Waals surface area contributed by atoms with Gasteiger partial charge in [0.1, 0.15) is 17.2 Å². The summed E-state index contributed by atoms with van der Waals surface area (Å²) in [7, 11) is 3.15. The molecule has 1 aliphatic rings. The third kappa shape index (κ3) is 2.94. The van der Waals surface area contributed by atoms with Crippen molar-refractivity contribution in [2.75, 3.05) is 14.2 Å². The molecular weight excluding hydrogens is 294 g/mol. The predicted octanol–water partition coefficient (Wildman–Crippen LogP) is 3.05. The molecular formula is C18H15NO4. The van der Waals surface area contributed by atoms with E-state index >= 15 is 0 Å². The summed E-state index contributed by atoms with van der Waals surface area (Å²) in [6, 6.07) is 14.8. The van der Waals surface area contributed by atoms with E-state index in [4.69, 9.17) is 14.3 Å². The second-order valence-electron chi connectivity index (χ2n) is 4.85. The molecule has 0 aliphatic carbocycles. The first kappa shape index (κ1) is 14.8. The van der Waals surface area contributed by atoms with E-state index < -0.39 is 5.97 Å². The van der Waals surface area contributed by atoms with Crippen LogP contribution >= 0.6 is 0 Å². The van der Waals surface area contributed by atoms with Crippen LogP contribution in [0.5, 0.6) is 11.5 Å². The van der Waals surface area contributed by atoms with Gasteiger partial charge in [0.25, 0.3) is 0 Å². The molecule has 2 aromatic rings. The minimum atomic E-state index is -0.485. The van der Waals surface area contributed by atoms with Crippen LogP contribution in [0.1, 0.15) is 11.1 Å². The number of ether oxygens (including phenoxy) is 2. The van der Waals surface area contributed by atoms with Gasteiger partial charge in [0.2, 0.25) is 0 Å². The predicted molar refractivity (Wildman–Crippen MR) is 86.6 cm³/mol. The lowest BCUT2D eigenvalue weighted by Crippen LogP contribution is -2.07. The number of hydrogen-bond donors (Lipinski definition) is 0. The van der Waals surface area contributed by atoms with Gasteiger partial charge in [0, 0.05) is 17.2 Å². The minimum absolute atomic E-state index is 0.389. The third-order valence-electron chi connectivity index (χ3n) is 3.48. The van der Waals surface area contributed by atoms with Gasteiger partial charge in [-0.05, 0) is 18.2 Å². The Morgan fingerprint density at radius 3 is 2.52 bits per heavy atom. The van der Waals surface area contributed by atoms with Crippen LogP contribution in [-0.2, 0) is 9.63 Å². The maximum atomic E-state index is 12.0. The van der Waals surface area contributed by atoms with Crippen LogP contribution in [0.4, 0.5) is 0 Å². The van der Waals surface area contributed by atoms with Gasteiger partial charge in [0.15, 0.2) is 0 Å². The highest BCUT2D eigenvalue weighted by Gasteiger charge is 2.27. The lowest BCUT2D eigenvalue weighted by atomic mass is 10.0. The second kappa shape index (κ2) is 6.36. The molecule has 0 spiro atoms. The summed E-state index contributed by atoms with van der Waals surface area (Å²) in [5.74, 6) is 0.792. The molecule has 1 aliphatic heterocycles. The highest BCUT2D eigenvalue weighted by Crippen LogP contribution is 2.28. The van der Waals surface area contributed by atoms with Gasteiger partial charge >= 0.3 is 5.97 Å². The SMILES string of the molecule is COc1ccc(/C=C2/C(=O)ON=C2c2ccccc2)c(OC)c1. The molecule has 0 saturated carbocycles. The summed E-state index contributed by atoms with van der Waals surface area (Å²) in [5.41, 5.74) is 2.45. The van der Waals surface area contributed by atoms with Gasteiger partial charge in [0.05, 0.1) is 19.8 Å². The van der Waals surface area contributed by atoms with Crippen LogP contribution in [0, 0.1) is 0 Å². The molecule has 5 nitrogen and oxygen atoms in total. The Labute approximate surface area is 133 Å². The first-order chi connectivity index (χ1) is 11.2.